The van der Waals surface area contributed by atoms with Crippen molar-refractivity contribution in [2.45, 2.75) is 66.2 Å². The second kappa shape index (κ2) is 8.01. The van der Waals surface area contributed by atoms with Crippen molar-refractivity contribution in [3.8, 4) is 5.75 Å². The molecule has 0 unspecified atom stereocenters. The van der Waals surface area contributed by atoms with E-state index in [2.05, 4.69) is 59.7 Å². The van der Waals surface area contributed by atoms with Gasteiger partial charge in [-0.15, -0.1) is 0 Å². The van der Waals surface area contributed by atoms with E-state index >= 15 is 0 Å². The summed E-state index contributed by atoms with van der Waals surface area (Å²) in [5, 5.41) is 0. The van der Waals surface area contributed by atoms with Gasteiger partial charge in [-0.05, 0) is 54.2 Å². The minimum atomic E-state index is 0.176. The zero-order chi connectivity index (χ0) is 16.8. The molecule has 0 aliphatic heterocycles. The van der Waals surface area contributed by atoms with Gasteiger partial charge in [0.05, 0.1) is 13.7 Å². The molecule has 0 aliphatic rings. The first-order valence-electron chi connectivity index (χ1n) is 8.45. The molecule has 0 N–H and O–H groups in total. The summed E-state index contributed by atoms with van der Waals surface area (Å²) >= 11 is 0. The van der Waals surface area contributed by atoms with E-state index in [1.165, 1.54) is 11.1 Å². The van der Waals surface area contributed by atoms with E-state index in [0.29, 0.717) is 0 Å². The number of hydrogen-bond donors (Lipinski definition) is 0. The minimum absolute atomic E-state index is 0.176. The molecule has 1 rings (SSSR count). The molecule has 0 aliphatic carbocycles. The quantitative estimate of drug-likeness (QED) is 0.642. The SMILES string of the molecule is CCOCC(C)(C)CCCc1cc(C(C)(C)C)ccc1OC. The van der Waals surface area contributed by atoms with Crippen molar-refractivity contribution in [1.82, 2.24) is 0 Å². The Hall–Kier alpha value is -1.02. The maximum Gasteiger partial charge on any atom is 0.122 e. The van der Waals surface area contributed by atoms with Gasteiger partial charge in [0.25, 0.3) is 0 Å². The Kier molecular flexibility index (Phi) is 6.93. The maximum absolute atomic E-state index is 5.59. The number of methoxy groups -OCH3 is 1. The van der Waals surface area contributed by atoms with Crippen molar-refractivity contribution in [1.29, 1.82) is 0 Å². The predicted octanol–water partition coefficient (Wildman–Crippen LogP) is 5.38. The molecule has 0 bridgehead atoms. The summed E-state index contributed by atoms with van der Waals surface area (Å²) < 4.78 is 11.1. The molecule has 126 valence electrons. The first-order valence-corrected chi connectivity index (χ1v) is 8.45. The molecule has 22 heavy (non-hydrogen) atoms. The summed E-state index contributed by atoms with van der Waals surface area (Å²) in [5.41, 5.74) is 3.11. The molecule has 0 radical (unpaired) electrons. The monoisotopic (exact) mass is 306 g/mol. The second-order valence-electron chi connectivity index (χ2n) is 7.93. The standard InChI is InChI=1S/C20H34O2/c1-8-22-15-20(5,6)13-9-10-16-14-17(19(2,3)4)11-12-18(16)21-7/h11-12,14H,8-10,13,15H2,1-7H3. The zero-order valence-corrected chi connectivity index (χ0v) is 15.6. The fourth-order valence-corrected chi connectivity index (χ4v) is 2.65. The highest BCUT2D eigenvalue weighted by molar-refractivity contribution is 5.39. The first-order chi connectivity index (χ1) is 10.2. The van der Waals surface area contributed by atoms with Crippen LogP contribution in [0, 0.1) is 5.41 Å². The molecule has 0 amide bonds. The third-order valence-corrected chi connectivity index (χ3v) is 4.14. The zero-order valence-electron chi connectivity index (χ0n) is 15.6. The Morgan fingerprint density at radius 3 is 2.27 bits per heavy atom. The van der Waals surface area contributed by atoms with E-state index in [4.69, 9.17) is 9.47 Å². The highest BCUT2D eigenvalue weighted by atomic mass is 16.5. The summed E-state index contributed by atoms with van der Waals surface area (Å²) in [6.45, 7) is 15.0. The topological polar surface area (TPSA) is 18.5 Å². The lowest BCUT2D eigenvalue weighted by molar-refractivity contribution is 0.0650. The third kappa shape index (κ3) is 6.00. The smallest absolute Gasteiger partial charge is 0.122 e. The molecule has 1 aromatic carbocycles. The fraction of sp³-hybridized carbons (Fsp3) is 0.700. The average molecular weight is 306 g/mol. The van der Waals surface area contributed by atoms with Gasteiger partial charge in [-0.3, -0.25) is 0 Å². The minimum Gasteiger partial charge on any atom is -0.496 e. The Balaban J connectivity index is 2.72. The van der Waals surface area contributed by atoms with Crippen molar-refractivity contribution in [3.63, 3.8) is 0 Å². The lowest BCUT2D eigenvalue weighted by Crippen LogP contribution is -2.19. The van der Waals surface area contributed by atoms with Crippen LogP contribution in [0.1, 0.15) is 65.5 Å². The van der Waals surface area contributed by atoms with E-state index in [9.17, 15) is 0 Å². The van der Waals surface area contributed by atoms with Crippen molar-refractivity contribution < 1.29 is 9.47 Å². The van der Waals surface area contributed by atoms with Crippen LogP contribution in [-0.2, 0) is 16.6 Å². The van der Waals surface area contributed by atoms with E-state index in [1.807, 2.05) is 0 Å². The largest absolute Gasteiger partial charge is 0.496 e. The Bertz CT molecular complexity index is 455. The van der Waals surface area contributed by atoms with Crippen LogP contribution in [0.5, 0.6) is 5.75 Å². The van der Waals surface area contributed by atoms with Crippen LogP contribution >= 0.6 is 0 Å². The van der Waals surface area contributed by atoms with Gasteiger partial charge in [0, 0.05) is 6.61 Å². The first kappa shape index (κ1) is 19.0. The molecule has 0 aromatic heterocycles. The number of hydrogen-bond acceptors (Lipinski definition) is 2. The molecule has 2 heteroatoms. The van der Waals surface area contributed by atoms with Gasteiger partial charge in [0.1, 0.15) is 5.75 Å². The molecule has 0 atom stereocenters. The molecular formula is C20H34O2. The van der Waals surface area contributed by atoms with Gasteiger partial charge in [0.2, 0.25) is 0 Å². The van der Waals surface area contributed by atoms with Crippen molar-refractivity contribution in [2.24, 2.45) is 5.41 Å². The van der Waals surface area contributed by atoms with E-state index in [-0.39, 0.29) is 10.8 Å². The molecule has 0 saturated heterocycles. The second-order valence-corrected chi connectivity index (χ2v) is 7.93. The van der Waals surface area contributed by atoms with Gasteiger partial charge < -0.3 is 9.47 Å². The van der Waals surface area contributed by atoms with Gasteiger partial charge in [-0.25, -0.2) is 0 Å². The van der Waals surface area contributed by atoms with Gasteiger partial charge in [-0.2, -0.15) is 0 Å². The van der Waals surface area contributed by atoms with Crippen molar-refractivity contribution in [3.05, 3.63) is 29.3 Å². The summed E-state index contributed by atoms with van der Waals surface area (Å²) in [7, 11) is 1.76. The highest BCUT2D eigenvalue weighted by Gasteiger charge is 2.19. The predicted molar refractivity (Wildman–Crippen MR) is 94.9 cm³/mol. The van der Waals surface area contributed by atoms with Crippen molar-refractivity contribution >= 4 is 0 Å². The van der Waals surface area contributed by atoms with Crippen LogP contribution < -0.4 is 4.74 Å². The number of rotatable bonds is 8. The van der Waals surface area contributed by atoms with Crippen LogP contribution in [0.4, 0.5) is 0 Å². The lowest BCUT2D eigenvalue weighted by atomic mass is 9.84. The summed E-state index contributed by atoms with van der Waals surface area (Å²) in [6.07, 6.45) is 3.38. The molecule has 2 nitrogen and oxygen atoms in total. The Morgan fingerprint density at radius 2 is 1.73 bits per heavy atom. The van der Waals surface area contributed by atoms with Crippen LogP contribution in [0.3, 0.4) is 0 Å². The molecule has 0 saturated carbocycles. The van der Waals surface area contributed by atoms with E-state index in [1.54, 1.807) is 7.11 Å². The Labute approximate surface area is 137 Å². The van der Waals surface area contributed by atoms with Crippen LogP contribution in [-0.4, -0.2) is 20.3 Å². The van der Waals surface area contributed by atoms with Crippen LogP contribution in [0.2, 0.25) is 0 Å². The number of aryl methyl sites for hydroxylation is 1. The van der Waals surface area contributed by atoms with Gasteiger partial charge in [0.15, 0.2) is 0 Å². The summed E-state index contributed by atoms with van der Waals surface area (Å²) in [5.74, 6) is 1.01. The number of benzene rings is 1. The lowest BCUT2D eigenvalue weighted by Gasteiger charge is -2.25. The van der Waals surface area contributed by atoms with Gasteiger partial charge in [-0.1, -0.05) is 46.8 Å². The van der Waals surface area contributed by atoms with Crippen molar-refractivity contribution in [2.75, 3.05) is 20.3 Å². The summed E-state index contributed by atoms with van der Waals surface area (Å²) in [4.78, 5) is 0. The fourth-order valence-electron chi connectivity index (χ4n) is 2.65. The molecular weight excluding hydrogens is 272 g/mol. The van der Waals surface area contributed by atoms with E-state index < -0.39 is 0 Å². The molecule has 0 heterocycles. The highest BCUT2D eigenvalue weighted by Crippen LogP contribution is 2.30. The number of ether oxygens (including phenoxy) is 2. The molecule has 0 fully saturated rings. The van der Waals surface area contributed by atoms with Crippen LogP contribution in [0.25, 0.3) is 0 Å². The third-order valence-electron chi connectivity index (χ3n) is 4.14. The molecule has 0 spiro atoms. The normalized spacial score (nSPS) is 12.5. The van der Waals surface area contributed by atoms with E-state index in [0.717, 1.165) is 38.2 Å². The summed E-state index contributed by atoms with van der Waals surface area (Å²) in [6, 6.07) is 6.61. The van der Waals surface area contributed by atoms with Crippen LogP contribution in [0.15, 0.2) is 18.2 Å². The maximum atomic E-state index is 5.59. The average Bonchev–Trinajstić information content (AvgIpc) is 2.44. The molecule has 1 aromatic rings. The van der Waals surface area contributed by atoms with Gasteiger partial charge >= 0.3 is 0 Å². The Morgan fingerprint density at radius 1 is 1.05 bits per heavy atom.